The Hall–Kier alpha value is -1.44. The Morgan fingerprint density at radius 2 is 1.12 bits per heavy atom. The molecule has 0 spiro atoms. The van der Waals surface area contributed by atoms with Gasteiger partial charge in [0.15, 0.2) is 0 Å². The number of allylic oxidation sites excluding steroid dienone is 10. The number of hydrogen-bond donors (Lipinski definition) is 0. The molecular weight excluding hydrogens is 527 g/mol. The van der Waals surface area contributed by atoms with Crippen molar-refractivity contribution in [2.45, 2.75) is 24.9 Å². The van der Waals surface area contributed by atoms with Crippen LogP contribution < -0.4 is 35.2 Å². The van der Waals surface area contributed by atoms with Gasteiger partial charge in [0.25, 0.3) is 0 Å². The fraction of sp³-hybridized carbons (Fsp3) is 0.143. The fourth-order valence-corrected chi connectivity index (χ4v) is 14.4. The SMILES string of the molecule is C[Si]1(C)c2cccc3c2[C](=C2C=CC=CC23)[Zr+2][C]2=C3C=CC=CC3c3cccc1c32.[Cl-].[Cl-]. The summed E-state index contributed by atoms with van der Waals surface area (Å²) in [5.74, 6) is 0.937. The Labute approximate surface area is 215 Å². The Morgan fingerprint density at radius 1 is 0.656 bits per heavy atom. The van der Waals surface area contributed by atoms with Crippen molar-refractivity contribution in [3.05, 3.63) is 118 Å². The summed E-state index contributed by atoms with van der Waals surface area (Å²) in [6.07, 6.45) is 18.7. The van der Waals surface area contributed by atoms with Crippen LogP contribution in [0.3, 0.4) is 0 Å². The van der Waals surface area contributed by atoms with Crippen LogP contribution in [0.5, 0.6) is 0 Å². The Morgan fingerprint density at radius 3 is 1.59 bits per heavy atom. The van der Waals surface area contributed by atoms with E-state index in [0.717, 1.165) is 0 Å². The predicted octanol–water partition coefficient (Wildman–Crippen LogP) is -0.518. The van der Waals surface area contributed by atoms with Crippen molar-refractivity contribution in [2.24, 2.45) is 0 Å². The van der Waals surface area contributed by atoms with Crippen molar-refractivity contribution in [1.29, 1.82) is 0 Å². The second-order valence-corrected chi connectivity index (χ2v) is 16.8. The zero-order valence-corrected chi connectivity index (χ0v) is 23.0. The summed E-state index contributed by atoms with van der Waals surface area (Å²) in [5.41, 5.74) is 9.64. The van der Waals surface area contributed by atoms with Crippen LogP contribution in [0.2, 0.25) is 13.1 Å². The Balaban J connectivity index is 0.00000108. The molecule has 156 valence electrons. The second kappa shape index (κ2) is 7.81. The largest absolute Gasteiger partial charge is 1.00 e. The first-order valence-corrected chi connectivity index (χ1v) is 16.3. The molecule has 0 aromatic heterocycles. The molecule has 0 radical (unpaired) electrons. The van der Waals surface area contributed by atoms with Crippen molar-refractivity contribution in [2.75, 3.05) is 0 Å². The molecule has 0 bridgehead atoms. The molecular formula is C28H22Cl2SiZr. The van der Waals surface area contributed by atoms with Crippen LogP contribution in [0.1, 0.15) is 34.1 Å². The zero-order valence-electron chi connectivity index (χ0n) is 18.0. The third-order valence-corrected chi connectivity index (χ3v) is 15.0. The van der Waals surface area contributed by atoms with E-state index in [9.17, 15) is 0 Å². The molecule has 2 unspecified atom stereocenters. The number of halogens is 2. The molecule has 0 fully saturated rings. The number of rotatable bonds is 0. The average Bonchev–Trinajstić information content (AvgIpc) is 3.27. The molecule has 0 saturated carbocycles. The van der Waals surface area contributed by atoms with Crippen molar-refractivity contribution in [1.82, 2.24) is 0 Å². The van der Waals surface area contributed by atoms with Gasteiger partial charge in [-0.1, -0.05) is 0 Å². The molecule has 1 aliphatic heterocycles. The number of fused-ring (bicyclic) bond motifs is 4. The minimum atomic E-state index is -1.85. The van der Waals surface area contributed by atoms with Gasteiger partial charge >= 0.3 is 192 Å². The summed E-state index contributed by atoms with van der Waals surface area (Å²) in [4.78, 5) is 0. The maximum Gasteiger partial charge on any atom is -1.00 e. The van der Waals surface area contributed by atoms with Gasteiger partial charge in [0, 0.05) is 0 Å². The Bertz CT molecular complexity index is 1250. The molecule has 0 N–H and O–H groups in total. The summed E-state index contributed by atoms with van der Waals surface area (Å²) >= 11 is -0.972. The van der Waals surface area contributed by atoms with Crippen molar-refractivity contribution >= 4 is 25.0 Å². The van der Waals surface area contributed by atoms with Crippen LogP contribution in [0.15, 0.2) is 96.2 Å². The van der Waals surface area contributed by atoms with Crippen LogP contribution in [-0.4, -0.2) is 8.07 Å². The molecule has 32 heavy (non-hydrogen) atoms. The molecule has 1 heterocycles. The molecule has 4 aliphatic carbocycles. The molecule has 2 aromatic rings. The molecule has 2 aromatic carbocycles. The maximum atomic E-state index is 2.58. The van der Waals surface area contributed by atoms with Crippen LogP contribution in [0.25, 0.3) is 6.56 Å². The van der Waals surface area contributed by atoms with Gasteiger partial charge in [0.1, 0.15) is 0 Å². The summed E-state index contributed by atoms with van der Waals surface area (Å²) in [7, 11) is -1.85. The monoisotopic (exact) mass is 546 g/mol. The third kappa shape index (κ3) is 2.77. The van der Waals surface area contributed by atoms with Gasteiger partial charge in [-0.3, -0.25) is 0 Å². The summed E-state index contributed by atoms with van der Waals surface area (Å²) in [6.45, 7) is 5.17. The summed E-state index contributed by atoms with van der Waals surface area (Å²) < 4.78 is 3.50. The zero-order chi connectivity index (χ0) is 20.0. The van der Waals surface area contributed by atoms with Crippen molar-refractivity contribution in [3.63, 3.8) is 0 Å². The Kier molecular flexibility index (Phi) is 5.46. The van der Waals surface area contributed by atoms with E-state index in [1.165, 1.54) is 0 Å². The first-order chi connectivity index (χ1) is 14.7. The molecule has 5 aliphatic rings. The smallest absolute Gasteiger partial charge is 1.00 e. The quantitative estimate of drug-likeness (QED) is 0.389. The van der Waals surface area contributed by atoms with Gasteiger partial charge in [0.2, 0.25) is 0 Å². The number of benzene rings is 2. The third-order valence-electron chi connectivity index (χ3n) is 7.59. The van der Waals surface area contributed by atoms with Crippen LogP contribution in [0, 0.1) is 0 Å². The first kappa shape index (κ1) is 22.4. The standard InChI is InChI=1S/C28H22Si.2ClH.Zr/c1-29(2,27-15-7-13-23-21-11-5-3-9-19(21)17-25(23)27)28-16-8-14-24-22-12-6-4-10-20(22)18-26(24)28;;;/h3-16,21-22H,1-2H3;2*1H;/q;;;+2/p-2. The summed E-state index contributed by atoms with van der Waals surface area (Å²) in [6, 6.07) is 14.4. The molecule has 4 heteroatoms. The summed E-state index contributed by atoms with van der Waals surface area (Å²) in [5, 5.41) is 3.33. The molecule has 2 atom stereocenters. The molecule has 7 rings (SSSR count). The average molecular weight is 549 g/mol. The predicted molar refractivity (Wildman–Crippen MR) is 126 cm³/mol. The van der Waals surface area contributed by atoms with Crippen LogP contribution in [-0.2, 0) is 23.2 Å². The van der Waals surface area contributed by atoms with E-state index in [1.54, 1.807) is 50.3 Å². The van der Waals surface area contributed by atoms with E-state index in [-0.39, 0.29) is 24.8 Å². The normalized spacial score (nSPS) is 23.6. The topological polar surface area (TPSA) is 0 Å². The van der Waals surface area contributed by atoms with Crippen molar-refractivity contribution < 1.29 is 48.0 Å². The van der Waals surface area contributed by atoms with E-state index in [1.807, 2.05) is 0 Å². The molecule has 0 amide bonds. The fourth-order valence-electron chi connectivity index (χ4n) is 6.19. The minimum Gasteiger partial charge on any atom is -1.00 e. The van der Waals surface area contributed by atoms with Gasteiger partial charge in [0.05, 0.1) is 0 Å². The van der Waals surface area contributed by atoms with E-state index < -0.39 is 31.3 Å². The molecule has 0 saturated heterocycles. The van der Waals surface area contributed by atoms with E-state index in [2.05, 4.69) is 98.1 Å². The number of hydrogen-bond acceptors (Lipinski definition) is 0. The van der Waals surface area contributed by atoms with Gasteiger partial charge in [-0.05, 0) is 0 Å². The van der Waals surface area contributed by atoms with E-state index in [4.69, 9.17) is 0 Å². The van der Waals surface area contributed by atoms with Gasteiger partial charge < -0.3 is 24.8 Å². The maximum absolute atomic E-state index is 2.58. The van der Waals surface area contributed by atoms with E-state index >= 15 is 0 Å². The van der Waals surface area contributed by atoms with Gasteiger partial charge in [-0.2, -0.15) is 0 Å². The minimum absolute atomic E-state index is 0. The van der Waals surface area contributed by atoms with Crippen molar-refractivity contribution in [3.8, 4) is 0 Å². The molecule has 0 nitrogen and oxygen atoms in total. The van der Waals surface area contributed by atoms with Crippen LogP contribution >= 0.6 is 0 Å². The first-order valence-electron chi connectivity index (χ1n) is 10.9. The van der Waals surface area contributed by atoms with E-state index in [0.29, 0.717) is 11.8 Å². The van der Waals surface area contributed by atoms with Crippen LogP contribution in [0.4, 0.5) is 0 Å². The second-order valence-electron chi connectivity index (χ2n) is 9.39. The van der Waals surface area contributed by atoms with Gasteiger partial charge in [-0.15, -0.1) is 0 Å². The van der Waals surface area contributed by atoms with Gasteiger partial charge in [-0.25, -0.2) is 0 Å².